The van der Waals surface area contributed by atoms with Gasteiger partial charge in [-0.2, -0.15) is 0 Å². The molecule has 0 aliphatic rings. The van der Waals surface area contributed by atoms with Gasteiger partial charge in [0.1, 0.15) is 21.8 Å². The zero-order valence-corrected chi connectivity index (χ0v) is 13.1. The molecule has 2 rings (SSSR count). The molecule has 0 radical (unpaired) electrons. The lowest BCUT2D eigenvalue weighted by atomic mass is 9.96. The third-order valence-electron chi connectivity index (χ3n) is 2.48. The molecular weight excluding hydrogens is 282 g/mol. The molecule has 0 bridgehead atoms. The van der Waals surface area contributed by atoms with Gasteiger partial charge in [0.05, 0.1) is 0 Å². The number of aryl methyl sites for hydroxylation is 1. The van der Waals surface area contributed by atoms with Crippen molar-refractivity contribution >= 4 is 23.4 Å². The van der Waals surface area contributed by atoms with E-state index in [2.05, 4.69) is 45.9 Å². The second kappa shape index (κ2) is 5.09. The fourth-order valence-corrected chi connectivity index (χ4v) is 2.41. The van der Waals surface area contributed by atoms with E-state index in [0.717, 1.165) is 22.2 Å². The Bertz CT molecular complexity index is 603. The summed E-state index contributed by atoms with van der Waals surface area (Å²) in [6.45, 7) is 9.92. The molecule has 0 saturated carbocycles. The first-order chi connectivity index (χ1) is 8.77. The Hall–Kier alpha value is -1.14. The van der Waals surface area contributed by atoms with Crippen molar-refractivity contribution in [3.05, 3.63) is 22.4 Å². The molecule has 7 heteroatoms. The molecule has 2 aromatic heterocycles. The van der Waals surface area contributed by atoms with Gasteiger partial charge in [0.2, 0.25) is 5.16 Å². The number of nitrogens with zero attached hydrogens (tertiary/aromatic N) is 4. The number of hydrogen-bond acceptors (Lipinski definition) is 5. The number of hydrogen-bond donors (Lipinski definition) is 1. The summed E-state index contributed by atoms with van der Waals surface area (Å²) in [6.07, 6.45) is 0. The maximum Gasteiger partial charge on any atom is 0.214 e. The van der Waals surface area contributed by atoms with Crippen molar-refractivity contribution in [2.75, 3.05) is 0 Å². The van der Waals surface area contributed by atoms with Crippen molar-refractivity contribution < 1.29 is 0 Å². The van der Waals surface area contributed by atoms with Crippen molar-refractivity contribution in [3.8, 4) is 0 Å². The largest absolute Gasteiger partial charge is 0.262 e. The van der Waals surface area contributed by atoms with Crippen molar-refractivity contribution in [2.24, 2.45) is 0 Å². The first-order valence-corrected chi connectivity index (χ1v) is 7.08. The second-order valence-corrected chi connectivity index (χ2v) is 6.64. The van der Waals surface area contributed by atoms with E-state index in [9.17, 15) is 0 Å². The fourth-order valence-electron chi connectivity index (χ4n) is 1.36. The lowest BCUT2D eigenvalue weighted by Gasteiger charge is -2.18. The summed E-state index contributed by atoms with van der Waals surface area (Å²) in [6, 6.07) is 0. The summed E-state index contributed by atoms with van der Waals surface area (Å²) in [7, 11) is 0. The Morgan fingerprint density at radius 1 is 1.11 bits per heavy atom. The third-order valence-corrected chi connectivity index (χ3v) is 3.80. The highest BCUT2D eigenvalue weighted by atomic mass is 35.5. The van der Waals surface area contributed by atoms with Gasteiger partial charge in [-0.15, -0.1) is 5.10 Å². The molecule has 0 aromatic carbocycles. The van der Waals surface area contributed by atoms with Crippen molar-refractivity contribution in [1.29, 1.82) is 0 Å². The first-order valence-electron chi connectivity index (χ1n) is 5.89. The molecule has 2 aromatic rings. The molecule has 1 N–H and O–H groups in total. The average Bonchev–Trinajstić information content (AvgIpc) is 2.69. The van der Waals surface area contributed by atoms with Crippen LogP contribution in [-0.4, -0.2) is 25.1 Å². The van der Waals surface area contributed by atoms with Crippen LogP contribution >= 0.6 is 23.4 Å². The van der Waals surface area contributed by atoms with Crippen molar-refractivity contribution in [2.45, 2.75) is 50.2 Å². The van der Waals surface area contributed by atoms with Crippen molar-refractivity contribution in [3.63, 3.8) is 0 Å². The number of halogens is 1. The molecule has 0 fully saturated rings. The zero-order valence-electron chi connectivity index (χ0n) is 11.6. The van der Waals surface area contributed by atoms with Crippen LogP contribution in [0.1, 0.15) is 38.0 Å². The Balaban J connectivity index is 2.41. The van der Waals surface area contributed by atoms with Crippen LogP contribution < -0.4 is 0 Å². The third kappa shape index (κ3) is 3.25. The van der Waals surface area contributed by atoms with Gasteiger partial charge in [-0.05, 0) is 25.6 Å². The lowest BCUT2D eigenvalue weighted by Crippen LogP contribution is -2.17. The normalized spacial score (nSPS) is 11.9. The summed E-state index contributed by atoms with van der Waals surface area (Å²) >= 11 is 7.57. The van der Waals surface area contributed by atoms with E-state index < -0.39 is 0 Å². The number of nitrogens with one attached hydrogen (secondary N) is 1. The SMILES string of the molecule is Cc1nc(Sc2nc(C(C)(C)C)nc(Cl)c2C)n[nH]1. The second-order valence-electron chi connectivity index (χ2n) is 5.32. The van der Waals surface area contributed by atoms with E-state index in [4.69, 9.17) is 11.6 Å². The van der Waals surface area contributed by atoms with Gasteiger partial charge in [0.25, 0.3) is 0 Å². The average molecular weight is 298 g/mol. The van der Waals surface area contributed by atoms with Gasteiger partial charge >= 0.3 is 0 Å². The summed E-state index contributed by atoms with van der Waals surface area (Å²) in [5.74, 6) is 1.49. The van der Waals surface area contributed by atoms with Crippen LogP contribution in [0.3, 0.4) is 0 Å². The highest BCUT2D eigenvalue weighted by Gasteiger charge is 2.21. The van der Waals surface area contributed by atoms with E-state index in [1.54, 1.807) is 0 Å². The highest BCUT2D eigenvalue weighted by Crippen LogP contribution is 2.31. The number of aromatic nitrogens is 5. The van der Waals surface area contributed by atoms with Gasteiger partial charge in [-0.3, -0.25) is 5.10 Å². The van der Waals surface area contributed by atoms with Gasteiger partial charge < -0.3 is 0 Å². The van der Waals surface area contributed by atoms with Crippen LogP contribution in [0.15, 0.2) is 10.2 Å². The molecule has 0 spiro atoms. The van der Waals surface area contributed by atoms with Gasteiger partial charge in [-0.25, -0.2) is 15.0 Å². The Labute approximate surface area is 121 Å². The van der Waals surface area contributed by atoms with Gasteiger partial charge in [0.15, 0.2) is 0 Å². The van der Waals surface area contributed by atoms with E-state index in [0.29, 0.717) is 10.3 Å². The molecule has 0 amide bonds. The van der Waals surface area contributed by atoms with Crippen molar-refractivity contribution in [1.82, 2.24) is 25.1 Å². The number of H-pyrrole nitrogens is 1. The van der Waals surface area contributed by atoms with Crippen LogP contribution in [0.25, 0.3) is 0 Å². The summed E-state index contributed by atoms with van der Waals surface area (Å²) in [5.41, 5.74) is 0.698. The van der Waals surface area contributed by atoms with Crippen LogP contribution in [0.4, 0.5) is 0 Å². The van der Waals surface area contributed by atoms with Gasteiger partial charge in [0, 0.05) is 11.0 Å². The summed E-state index contributed by atoms with van der Waals surface area (Å²) in [4.78, 5) is 13.2. The van der Waals surface area contributed by atoms with Crippen LogP contribution in [0.5, 0.6) is 0 Å². The van der Waals surface area contributed by atoms with Crippen LogP contribution in [-0.2, 0) is 5.41 Å². The van der Waals surface area contributed by atoms with E-state index in [1.807, 2.05) is 13.8 Å². The smallest absolute Gasteiger partial charge is 0.214 e. The lowest BCUT2D eigenvalue weighted by molar-refractivity contribution is 0.537. The molecule has 102 valence electrons. The predicted octanol–water partition coefficient (Wildman–Crippen LogP) is 3.31. The Kier molecular flexibility index (Phi) is 3.82. The minimum absolute atomic E-state index is 0.151. The topological polar surface area (TPSA) is 67.3 Å². The molecule has 19 heavy (non-hydrogen) atoms. The predicted molar refractivity (Wildman–Crippen MR) is 75.7 cm³/mol. The molecule has 5 nitrogen and oxygen atoms in total. The molecule has 0 aliphatic carbocycles. The molecule has 0 aliphatic heterocycles. The molecule has 2 heterocycles. The van der Waals surface area contributed by atoms with Gasteiger partial charge in [-0.1, -0.05) is 32.4 Å². The Morgan fingerprint density at radius 3 is 2.32 bits per heavy atom. The minimum Gasteiger partial charge on any atom is -0.262 e. The standard InChI is InChI=1S/C12H16ClN5S/c1-6-8(13)15-10(12(3,4)5)16-9(6)19-11-14-7(2)17-18-11/h1-5H3,(H,14,17,18). The van der Waals surface area contributed by atoms with E-state index in [-0.39, 0.29) is 5.41 Å². The van der Waals surface area contributed by atoms with Crippen LogP contribution in [0, 0.1) is 13.8 Å². The molecule has 0 unspecified atom stereocenters. The maximum atomic E-state index is 6.18. The highest BCUT2D eigenvalue weighted by molar-refractivity contribution is 7.99. The molecule has 0 atom stereocenters. The first kappa shape index (κ1) is 14.3. The summed E-state index contributed by atoms with van der Waals surface area (Å²) in [5, 5.41) is 8.82. The molecular formula is C12H16ClN5S. The van der Waals surface area contributed by atoms with E-state index >= 15 is 0 Å². The summed E-state index contributed by atoms with van der Waals surface area (Å²) < 4.78 is 0. The number of rotatable bonds is 2. The Morgan fingerprint density at radius 2 is 1.79 bits per heavy atom. The fraction of sp³-hybridized carbons (Fsp3) is 0.500. The minimum atomic E-state index is -0.151. The van der Waals surface area contributed by atoms with Crippen LogP contribution in [0.2, 0.25) is 5.15 Å². The molecule has 0 saturated heterocycles. The zero-order chi connectivity index (χ0) is 14.2. The maximum absolute atomic E-state index is 6.18. The number of aromatic amines is 1. The monoisotopic (exact) mass is 297 g/mol. The quantitative estimate of drug-likeness (QED) is 0.861. The van der Waals surface area contributed by atoms with E-state index in [1.165, 1.54) is 11.8 Å².